The summed E-state index contributed by atoms with van der Waals surface area (Å²) in [4.78, 5) is 24.9. The number of aldehydes is 1. The van der Waals surface area contributed by atoms with Crippen LogP contribution in [0.15, 0.2) is 47.4 Å². The Morgan fingerprint density at radius 1 is 1.17 bits per heavy atom. The Labute approximate surface area is 174 Å². The lowest BCUT2D eigenvalue weighted by Gasteiger charge is -2.31. The highest BCUT2D eigenvalue weighted by atomic mass is 32.2. The average molecular weight is 420 g/mol. The number of hydrogen-bond donors (Lipinski definition) is 2. The van der Waals surface area contributed by atoms with E-state index in [-0.39, 0.29) is 0 Å². The minimum Gasteiger partial charge on any atom is -0.442 e. The average Bonchev–Trinajstić information content (AvgIpc) is 2.65. The standard InChI is InChI=1S/C21H26FN3O3S/c1-14(13-26)25(20(27)28-21(2,3)4)24-16-11-10-15(22)12-18(16)23-17-8-6-7-9-19(17)29-5/h6-14,23-24H,1-5H3. The molecule has 0 heterocycles. The zero-order valence-electron chi connectivity index (χ0n) is 17.2. The van der Waals surface area contributed by atoms with Crippen molar-refractivity contribution < 1.29 is 18.7 Å². The molecule has 8 heteroatoms. The van der Waals surface area contributed by atoms with Gasteiger partial charge in [-0.05, 0) is 64.3 Å². The molecule has 0 aliphatic carbocycles. The van der Waals surface area contributed by atoms with Gasteiger partial charge >= 0.3 is 6.09 Å². The van der Waals surface area contributed by atoms with Gasteiger partial charge in [0.05, 0.1) is 17.1 Å². The Morgan fingerprint density at radius 3 is 2.48 bits per heavy atom. The van der Waals surface area contributed by atoms with Crippen LogP contribution in [0.5, 0.6) is 0 Å². The summed E-state index contributed by atoms with van der Waals surface area (Å²) in [5, 5.41) is 4.27. The van der Waals surface area contributed by atoms with Crippen molar-refractivity contribution in [3.05, 3.63) is 48.3 Å². The molecule has 1 atom stereocenters. The minimum absolute atomic E-state index is 0.415. The van der Waals surface area contributed by atoms with Crippen LogP contribution in [0, 0.1) is 5.82 Å². The summed E-state index contributed by atoms with van der Waals surface area (Å²) in [5.41, 5.74) is 3.79. The molecule has 0 saturated heterocycles. The first kappa shape index (κ1) is 22.5. The topological polar surface area (TPSA) is 70.7 Å². The fourth-order valence-corrected chi connectivity index (χ4v) is 2.98. The number of ether oxygens (including phenoxy) is 1. The Bertz CT molecular complexity index is 870. The maximum Gasteiger partial charge on any atom is 0.429 e. The Balaban J connectivity index is 2.37. The summed E-state index contributed by atoms with van der Waals surface area (Å²) >= 11 is 1.55. The second-order valence-electron chi connectivity index (χ2n) is 7.35. The molecule has 0 aliphatic rings. The largest absolute Gasteiger partial charge is 0.442 e. The quantitative estimate of drug-likeness (QED) is 0.354. The van der Waals surface area contributed by atoms with E-state index >= 15 is 0 Å². The van der Waals surface area contributed by atoms with Crippen LogP contribution in [0.2, 0.25) is 0 Å². The lowest BCUT2D eigenvalue weighted by molar-refractivity contribution is -0.111. The third-order valence-electron chi connectivity index (χ3n) is 3.79. The van der Waals surface area contributed by atoms with E-state index < -0.39 is 23.6 Å². The van der Waals surface area contributed by atoms with Gasteiger partial charge in [0.25, 0.3) is 0 Å². The molecule has 2 aromatic carbocycles. The summed E-state index contributed by atoms with van der Waals surface area (Å²) in [6.07, 6.45) is 1.86. The molecule has 0 radical (unpaired) electrons. The number of anilines is 3. The van der Waals surface area contributed by atoms with Gasteiger partial charge in [-0.1, -0.05) is 12.1 Å². The number of carbonyl (C=O) groups is 2. The maximum atomic E-state index is 13.9. The summed E-state index contributed by atoms with van der Waals surface area (Å²) in [6, 6.07) is 10.9. The summed E-state index contributed by atoms with van der Waals surface area (Å²) < 4.78 is 19.3. The van der Waals surface area contributed by atoms with Crippen molar-refractivity contribution in [2.45, 2.75) is 44.2 Å². The van der Waals surface area contributed by atoms with E-state index in [9.17, 15) is 14.0 Å². The van der Waals surface area contributed by atoms with Gasteiger partial charge in [-0.3, -0.25) is 5.43 Å². The highest BCUT2D eigenvalue weighted by Crippen LogP contribution is 2.32. The Hall–Kier alpha value is -2.74. The molecule has 0 aliphatic heterocycles. The number of rotatable bonds is 7. The van der Waals surface area contributed by atoms with Crippen LogP contribution < -0.4 is 10.7 Å². The van der Waals surface area contributed by atoms with E-state index in [0.717, 1.165) is 15.6 Å². The Kier molecular flexibility index (Phi) is 7.50. The first-order chi connectivity index (χ1) is 13.6. The molecule has 0 saturated carbocycles. The van der Waals surface area contributed by atoms with Gasteiger partial charge in [0.2, 0.25) is 0 Å². The molecule has 6 nitrogen and oxygen atoms in total. The smallest absolute Gasteiger partial charge is 0.429 e. The van der Waals surface area contributed by atoms with Crippen molar-refractivity contribution in [1.82, 2.24) is 5.01 Å². The monoisotopic (exact) mass is 419 g/mol. The lowest BCUT2D eigenvalue weighted by Crippen LogP contribution is -2.46. The third kappa shape index (κ3) is 6.39. The number of nitrogens with one attached hydrogen (secondary N) is 2. The minimum atomic E-state index is -0.804. The molecule has 2 N–H and O–H groups in total. The summed E-state index contributed by atoms with van der Waals surface area (Å²) in [6.45, 7) is 6.76. The predicted octanol–water partition coefficient (Wildman–Crippen LogP) is 5.44. The zero-order valence-corrected chi connectivity index (χ0v) is 18.0. The number of carbonyl (C=O) groups excluding carboxylic acids is 2. The van der Waals surface area contributed by atoms with Gasteiger partial charge in [0.15, 0.2) is 0 Å². The number of hydrogen-bond acceptors (Lipinski definition) is 6. The van der Waals surface area contributed by atoms with E-state index in [0.29, 0.717) is 17.7 Å². The maximum absolute atomic E-state index is 13.9. The SMILES string of the molecule is CSc1ccccc1Nc1cc(F)ccc1NN(C(=O)OC(C)(C)C)C(C)C=O. The molecule has 0 bridgehead atoms. The molecule has 1 amide bonds. The highest BCUT2D eigenvalue weighted by molar-refractivity contribution is 7.98. The second kappa shape index (κ2) is 9.65. The van der Waals surface area contributed by atoms with Gasteiger partial charge < -0.3 is 14.8 Å². The van der Waals surface area contributed by atoms with Crippen LogP contribution in [0.3, 0.4) is 0 Å². The molecule has 29 heavy (non-hydrogen) atoms. The van der Waals surface area contributed by atoms with Crippen molar-refractivity contribution in [3.8, 4) is 0 Å². The molecular formula is C21H26FN3O3S. The number of halogens is 1. The van der Waals surface area contributed by atoms with E-state index in [1.54, 1.807) is 39.5 Å². The zero-order chi connectivity index (χ0) is 21.6. The highest BCUT2D eigenvalue weighted by Gasteiger charge is 2.27. The van der Waals surface area contributed by atoms with Gasteiger partial charge in [0, 0.05) is 4.90 Å². The van der Waals surface area contributed by atoms with Crippen LogP contribution in [0.25, 0.3) is 0 Å². The lowest BCUT2D eigenvalue weighted by atomic mass is 10.2. The summed E-state index contributed by atoms with van der Waals surface area (Å²) in [7, 11) is 0. The Morgan fingerprint density at radius 2 is 1.86 bits per heavy atom. The first-order valence-electron chi connectivity index (χ1n) is 9.08. The number of thioether (sulfide) groups is 1. The number of para-hydroxylation sites is 1. The van der Waals surface area contributed by atoms with Gasteiger partial charge in [0.1, 0.15) is 23.7 Å². The molecule has 2 rings (SSSR count). The van der Waals surface area contributed by atoms with Crippen molar-refractivity contribution in [2.75, 3.05) is 17.0 Å². The molecule has 0 aromatic heterocycles. The van der Waals surface area contributed by atoms with Gasteiger partial charge in [-0.25, -0.2) is 14.2 Å². The van der Waals surface area contributed by atoms with Crippen molar-refractivity contribution in [3.63, 3.8) is 0 Å². The molecule has 156 valence electrons. The molecular weight excluding hydrogens is 393 g/mol. The summed E-state index contributed by atoms with van der Waals surface area (Å²) in [5.74, 6) is -0.438. The normalized spacial score (nSPS) is 12.1. The van der Waals surface area contributed by atoms with Crippen LogP contribution in [0.4, 0.5) is 26.2 Å². The van der Waals surface area contributed by atoms with Crippen LogP contribution >= 0.6 is 11.8 Å². The second-order valence-corrected chi connectivity index (χ2v) is 8.20. The van der Waals surface area contributed by atoms with Gasteiger partial charge in [-0.2, -0.15) is 0 Å². The van der Waals surface area contributed by atoms with Crippen LogP contribution in [-0.4, -0.2) is 35.3 Å². The number of hydrazine groups is 1. The van der Waals surface area contributed by atoms with Crippen molar-refractivity contribution in [1.29, 1.82) is 0 Å². The number of amides is 1. The van der Waals surface area contributed by atoms with Crippen molar-refractivity contribution in [2.24, 2.45) is 0 Å². The van der Waals surface area contributed by atoms with E-state index in [4.69, 9.17) is 4.74 Å². The van der Waals surface area contributed by atoms with Crippen LogP contribution in [0.1, 0.15) is 27.7 Å². The molecule has 0 fully saturated rings. The fraction of sp³-hybridized carbons (Fsp3) is 0.333. The third-order valence-corrected chi connectivity index (χ3v) is 4.59. The number of benzene rings is 2. The van der Waals surface area contributed by atoms with Crippen LogP contribution in [-0.2, 0) is 9.53 Å². The van der Waals surface area contributed by atoms with E-state index in [1.165, 1.54) is 18.2 Å². The molecule has 0 spiro atoms. The fourth-order valence-electron chi connectivity index (χ4n) is 2.43. The van der Waals surface area contributed by atoms with E-state index in [2.05, 4.69) is 10.7 Å². The molecule has 2 aromatic rings. The van der Waals surface area contributed by atoms with Crippen molar-refractivity contribution >= 4 is 41.2 Å². The van der Waals surface area contributed by atoms with E-state index in [1.807, 2.05) is 30.5 Å². The first-order valence-corrected chi connectivity index (χ1v) is 10.3. The van der Waals surface area contributed by atoms with Gasteiger partial charge in [-0.15, -0.1) is 11.8 Å². The molecule has 1 unspecified atom stereocenters. The predicted molar refractivity (Wildman–Crippen MR) is 115 cm³/mol. The number of nitrogens with zero attached hydrogens (tertiary/aromatic N) is 1.